The zero-order valence-corrected chi connectivity index (χ0v) is 20.0. The van der Waals surface area contributed by atoms with Crippen molar-refractivity contribution in [3.63, 3.8) is 0 Å². The SMILES string of the molecule is CCOC1CN(c2nccc(Oc3ccc(-n4ncn(Cc5c(F)cccc5F)c4=O)cc3)c2Cl)C1. The highest BCUT2D eigenvalue weighted by molar-refractivity contribution is 6.34. The first-order chi connectivity index (χ1) is 17.4. The molecule has 0 saturated carbocycles. The van der Waals surface area contributed by atoms with Gasteiger partial charge in [-0.25, -0.2) is 18.6 Å². The third-order valence-electron chi connectivity index (χ3n) is 5.82. The first kappa shape index (κ1) is 24.0. The van der Waals surface area contributed by atoms with E-state index in [-0.39, 0.29) is 18.2 Å². The third-order valence-corrected chi connectivity index (χ3v) is 6.17. The van der Waals surface area contributed by atoms with Crippen molar-refractivity contribution in [1.82, 2.24) is 19.3 Å². The number of hydrogen-bond donors (Lipinski definition) is 0. The lowest BCUT2D eigenvalue weighted by Crippen LogP contribution is -2.52. The van der Waals surface area contributed by atoms with Crippen molar-refractivity contribution in [1.29, 1.82) is 0 Å². The van der Waals surface area contributed by atoms with Crippen molar-refractivity contribution < 1.29 is 18.3 Å². The van der Waals surface area contributed by atoms with E-state index in [1.165, 1.54) is 12.4 Å². The van der Waals surface area contributed by atoms with E-state index in [2.05, 4.69) is 10.1 Å². The van der Waals surface area contributed by atoms with Gasteiger partial charge in [-0.2, -0.15) is 9.78 Å². The van der Waals surface area contributed by atoms with E-state index in [9.17, 15) is 13.6 Å². The van der Waals surface area contributed by atoms with Crippen LogP contribution in [0.15, 0.2) is 65.8 Å². The Morgan fingerprint density at radius 2 is 1.81 bits per heavy atom. The van der Waals surface area contributed by atoms with Crippen LogP contribution in [0.2, 0.25) is 5.02 Å². The van der Waals surface area contributed by atoms with Crippen molar-refractivity contribution in [2.45, 2.75) is 19.6 Å². The molecule has 11 heteroatoms. The van der Waals surface area contributed by atoms with Gasteiger partial charge in [-0.05, 0) is 43.3 Å². The minimum absolute atomic E-state index is 0.169. The van der Waals surface area contributed by atoms with E-state index < -0.39 is 17.3 Å². The van der Waals surface area contributed by atoms with Crippen molar-refractivity contribution in [2.75, 3.05) is 24.6 Å². The molecular formula is C25H22ClF2N5O3. The molecule has 0 radical (unpaired) electrons. The van der Waals surface area contributed by atoms with Crippen LogP contribution in [0, 0.1) is 11.6 Å². The summed E-state index contributed by atoms with van der Waals surface area (Å²) >= 11 is 6.55. The molecule has 186 valence electrons. The molecule has 1 aliphatic rings. The third kappa shape index (κ3) is 4.69. The predicted octanol–water partition coefficient (Wildman–Crippen LogP) is 4.43. The Morgan fingerprint density at radius 3 is 2.50 bits per heavy atom. The summed E-state index contributed by atoms with van der Waals surface area (Å²) in [6.45, 7) is 3.77. The Hall–Kier alpha value is -3.76. The molecule has 3 heterocycles. The van der Waals surface area contributed by atoms with E-state index in [0.29, 0.717) is 47.7 Å². The van der Waals surface area contributed by atoms with Crippen LogP contribution in [-0.4, -0.2) is 45.1 Å². The highest BCUT2D eigenvalue weighted by Crippen LogP contribution is 2.37. The number of halogens is 3. The molecule has 2 aromatic heterocycles. The number of anilines is 1. The number of rotatable bonds is 8. The van der Waals surface area contributed by atoms with Gasteiger partial charge in [-0.3, -0.25) is 4.57 Å². The largest absolute Gasteiger partial charge is 0.456 e. The minimum atomic E-state index is -0.725. The Labute approximate surface area is 210 Å². The summed E-state index contributed by atoms with van der Waals surface area (Å²) in [6.07, 6.45) is 3.04. The van der Waals surface area contributed by atoms with Crippen molar-refractivity contribution in [3.05, 3.63) is 93.8 Å². The van der Waals surface area contributed by atoms with Gasteiger partial charge in [0, 0.05) is 37.5 Å². The van der Waals surface area contributed by atoms with Crippen LogP contribution < -0.4 is 15.3 Å². The zero-order valence-electron chi connectivity index (χ0n) is 19.3. The van der Waals surface area contributed by atoms with E-state index >= 15 is 0 Å². The fraction of sp³-hybridized carbons (Fsp3) is 0.240. The molecule has 1 saturated heterocycles. The molecular weight excluding hydrogens is 492 g/mol. The summed E-state index contributed by atoms with van der Waals surface area (Å²) in [5.74, 6) is 0.122. The number of pyridine rings is 1. The maximum Gasteiger partial charge on any atom is 0.350 e. The van der Waals surface area contributed by atoms with Gasteiger partial charge in [-0.1, -0.05) is 17.7 Å². The van der Waals surface area contributed by atoms with Gasteiger partial charge in [0.25, 0.3) is 0 Å². The molecule has 36 heavy (non-hydrogen) atoms. The summed E-state index contributed by atoms with van der Waals surface area (Å²) in [4.78, 5) is 19.2. The number of ether oxygens (including phenoxy) is 2. The van der Waals surface area contributed by atoms with E-state index in [4.69, 9.17) is 21.1 Å². The van der Waals surface area contributed by atoms with E-state index in [0.717, 1.165) is 21.4 Å². The average molecular weight is 514 g/mol. The molecule has 0 spiro atoms. The van der Waals surface area contributed by atoms with Crippen LogP contribution in [0.4, 0.5) is 14.6 Å². The molecule has 0 aliphatic carbocycles. The zero-order chi connectivity index (χ0) is 25.2. The second kappa shape index (κ2) is 10.1. The van der Waals surface area contributed by atoms with Gasteiger partial charge in [0.15, 0.2) is 11.6 Å². The van der Waals surface area contributed by atoms with E-state index in [1.807, 2.05) is 11.8 Å². The Bertz CT molecular complexity index is 1410. The maximum absolute atomic E-state index is 14.0. The standard InChI is InChI=1S/C25H22ClF2N5O3/c1-2-35-18-12-31(13-18)24-23(26)22(10-11-29-24)36-17-8-6-16(7-9-17)33-25(34)32(15-30-33)14-19-20(27)4-3-5-21(19)28/h3-11,15,18H,2,12-14H2,1H3. The molecule has 0 amide bonds. The van der Waals surface area contributed by atoms with E-state index in [1.54, 1.807) is 36.5 Å². The average Bonchev–Trinajstić information content (AvgIpc) is 3.21. The van der Waals surface area contributed by atoms with Gasteiger partial charge in [0.2, 0.25) is 0 Å². The normalized spacial score (nSPS) is 13.6. The second-order valence-electron chi connectivity index (χ2n) is 8.18. The lowest BCUT2D eigenvalue weighted by Gasteiger charge is -2.40. The molecule has 8 nitrogen and oxygen atoms in total. The molecule has 0 N–H and O–H groups in total. The molecule has 0 atom stereocenters. The van der Waals surface area contributed by atoms with Gasteiger partial charge >= 0.3 is 5.69 Å². The fourth-order valence-electron chi connectivity index (χ4n) is 3.92. The van der Waals surface area contributed by atoms with Crippen LogP contribution in [0.5, 0.6) is 11.5 Å². The summed E-state index contributed by atoms with van der Waals surface area (Å²) in [6, 6.07) is 11.9. The number of benzene rings is 2. The summed E-state index contributed by atoms with van der Waals surface area (Å²) in [5, 5.41) is 4.47. The number of hydrogen-bond acceptors (Lipinski definition) is 6. The van der Waals surface area contributed by atoms with Crippen LogP contribution in [0.1, 0.15) is 12.5 Å². The van der Waals surface area contributed by atoms with Crippen molar-refractivity contribution >= 4 is 17.4 Å². The quantitative estimate of drug-likeness (QED) is 0.347. The Kier molecular flexibility index (Phi) is 6.71. The number of aromatic nitrogens is 4. The highest BCUT2D eigenvalue weighted by Gasteiger charge is 2.30. The Balaban J connectivity index is 1.30. The molecule has 1 aliphatic heterocycles. The first-order valence-electron chi connectivity index (χ1n) is 11.3. The molecule has 4 aromatic rings. The molecule has 2 aromatic carbocycles. The molecule has 1 fully saturated rings. The van der Waals surface area contributed by atoms with Gasteiger partial charge in [0.05, 0.1) is 18.3 Å². The van der Waals surface area contributed by atoms with Gasteiger partial charge in [-0.15, -0.1) is 0 Å². The fourth-order valence-corrected chi connectivity index (χ4v) is 4.19. The van der Waals surface area contributed by atoms with Crippen LogP contribution in [0.3, 0.4) is 0 Å². The smallest absolute Gasteiger partial charge is 0.350 e. The lowest BCUT2D eigenvalue weighted by atomic mass is 10.1. The maximum atomic E-state index is 14.0. The van der Waals surface area contributed by atoms with Crippen molar-refractivity contribution in [2.24, 2.45) is 0 Å². The summed E-state index contributed by atoms with van der Waals surface area (Å²) in [7, 11) is 0. The van der Waals surface area contributed by atoms with Crippen LogP contribution in [-0.2, 0) is 11.3 Å². The molecule has 0 unspecified atom stereocenters. The predicted molar refractivity (Wildman–Crippen MR) is 130 cm³/mol. The lowest BCUT2D eigenvalue weighted by molar-refractivity contribution is 0.0427. The topological polar surface area (TPSA) is 74.4 Å². The number of nitrogens with zero attached hydrogens (tertiary/aromatic N) is 5. The second-order valence-corrected chi connectivity index (χ2v) is 8.56. The monoisotopic (exact) mass is 513 g/mol. The summed E-state index contributed by atoms with van der Waals surface area (Å²) < 4.78 is 41.8. The van der Waals surface area contributed by atoms with Gasteiger partial charge in [0.1, 0.15) is 28.7 Å². The first-order valence-corrected chi connectivity index (χ1v) is 11.7. The highest BCUT2D eigenvalue weighted by atomic mass is 35.5. The van der Waals surface area contributed by atoms with Crippen molar-refractivity contribution in [3.8, 4) is 17.2 Å². The molecule has 5 rings (SSSR count). The minimum Gasteiger partial charge on any atom is -0.456 e. The summed E-state index contributed by atoms with van der Waals surface area (Å²) in [5.41, 5.74) is -0.277. The van der Waals surface area contributed by atoms with Crippen LogP contribution in [0.25, 0.3) is 5.69 Å². The Morgan fingerprint density at radius 1 is 1.08 bits per heavy atom. The van der Waals surface area contributed by atoms with Gasteiger partial charge < -0.3 is 14.4 Å². The van der Waals surface area contributed by atoms with Crippen LogP contribution >= 0.6 is 11.6 Å². The molecule has 0 bridgehead atoms.